The molecule has 0 atom stereocenters. The van der Waals surface area contributed by atoms with E-state index < -0.39 is 21.2 Å². The fourth-order valence-electron chi connectivity index (χ4n) is 3.53. The molecule has 0 aliphatic carbocycles. The number of nitrogens with one attached hydrogen (secondary N) is 1. The van der Waals surface area contributed by atoms with Crippen LogP contribution in [0.5, 0.6) is 0 Å². The zero-order valence-corrected chi connectivity index (χ0v) is 14.6. The third kappa shape index (κ3) is 4.91. The van der Waals surface area contributed by atoms with Crippen molar-refractivity contribution in [3.8, 4) is 0 Å². The van der Waals surface area contributed by atoms with Gasteiger partial charge in [-0.05, 0) is 66.0 Å². The van der Waals surface area contributed by atoms with Crippen LogP contribution < -0.4 is 5.32 Å². The van der Waals surface area contributed by atoms with Crippen molar-refractivity contribution in [1.82, 2.24) is 9.62 Å². The molecule has 1 N–H and O–H groups in total. The van der Waals surface area contributed by atoms with Crippen molar-refractivity contribution in [3.05, 3.63) is 0 Å². The van der Waals surface area contributed by atoms with Crippen LogP contribution in [0.15, 0.2) is 0 Å². The van der Waals surface area contributed by atoms with Gasteiger partial charge in [0.1, 0.15) is 0 Å². The lowest BCUT2D eigenvalue weighted by Crippen LogP contribution is -2.58. The van der Waals surface area contributed by atoms with Gasteiger partial charge < -0.3 is 10.1 Å². The Labute approximate surface area is 129 Å². The molecule has 2 aliphatic heterocycles. The van der Waals surface area contributed by atoms with Crippen LogP contribution in [0.25, 0.3) is 0 Å². The highest BCUT2D eigenvalue weighted by Crippen LogP contribution is 2.30. The van der Waals surface area contributed by atoms with Crippen molar-refractivity contribution in [3.63, 3.8) is 0 Å². The average Bonchev–Trinajstić information content (AvgIpc) is 2.34. The zero-order valence-electron chi connectivity index (χ0n) is 13.8. The molecule has 6 heteroatoms. The van der Waals surface area contributed by atoms with Crippen LogP contribution in [0.4, 0.5) is 0 Å². The molecule has 2 heterocycles. The number of sulfonamides is 1. The summed E-state index contributed by atoms with van der Waals surface area (Å²) in [6.07, 6.45) is 2.97. The van der Waals surface area contributed by atoms with E-state index >= 15 is 0 Å². The minimum atomic E-state index is -3.19. The highest BCUT2D eigenvalue weighted by Gasteiger charge is 2.42. The van der Waals surface area contributed by atoms with Crippen LogP contribution >= 0.6 is 0 Å². The van der Waals surface area contributed by atoms with E-state index in [0.717, 1.165) is 32.4 Å². The Balaban J connectivity index is 1.97. The largest absolute Gasteiger partial charge is 0.367 e. The molecule has 0 radical (unpaired) electrons. The van der Waals surface area contributed by atoms with Gasteiger partial charge in [-0.2, -0.15) is 4.31 Å². The van der Waals surface area contributed by atoms with Gasteiger partial charge in [0.05, 0.1) is 17.0 Å². The highest BCUT2D eigenvalue weighted by molar-refractivity contribution is 7.89. The number of ether oxygens (including phenoxy) is 1. The molecule has 0 aromatic heterocycles. The Morgan fingerprint density at radius 2 is 1.62 bits per heavy atom. The average molecular weight is 318 g/mol. The molecular formula is C15H30N2O3S. The van der Waals surface area contributed by atoms with Gasteiger partial charge in [0, 0.05) is 13.1 Å². The Kier molecular flexibility index (Phi) is 5.03. The summed E-state index contributed by atoms with van der Waals surface area (Å²) in [6.45, 7) is 10.8. The van der Waals surface area contributed by atoms with E-state index in [1.54, 1.807) is 4.31 Å². The maximum Gasteiger partial charge on any atom is 0.214 e. The highest BCUT2D eigenvalue weighted by atomic mass is 32.2. The van der Waals surface area contributed by atoms with Crippen molar-refractivity contribution in [2.75, 3.05) is 31.9 Å². The first-order valence-corrected chi connectivity index (χ1v) is 9.59. The molecule has 2 aliphatic rings. The molecule has 0 saturated carbocycles. The number of rotatable bonds is 4. The lowest BCUT2D eigenvalue weighted by molar-refractivity contribution is -0.163. The third-order valence-corrected chi connectivity index (χ3v) is 6.10. The van der Waals surface area contributed by atoms with Crippen LogP contribution in [-0.2, 0) is 14.8 Å². The number of nitrogens with zero attached hydrogens (tertiary/aromatic N) is 1. The molecule has 0 bridgehead atoms. The molecule has 2 fully saturated rings. The smallest absolute Gasteiger partial charge is 0.214 e. The predicted octanol–water partition coefficient (Wildman–Crippen LogP) is 1.60. The molecule has 21 heavy (non-hydrogen) atoms. The van der Waals surface area contributed by atoms with E-state index in [0.29, 0.717) is 19.0 Å². The minimum absolute atomic E-state index is 0.268. The predicted molar refractivity (Wildman–Crippen MR) is 84.8 cm³/mol. The van der Waals surface area contributed by atoms with Crippen molar-refractivity contribution in [1.29, 1.82) is 0 Å². The lowest BCUT2D eigenvalue weighted by atomic mass is 9.96. The standard InChI is InChI=1S/C15H30N2O3S/c1-14(2)11-17(12-15(3,4)20-14)21(18,19)10-7-13-5-8-16-9-6-13/h13,16H,5-12H2,1-4H3. The van der Waals surface area contributed by atoms with Gasteiger partial charge in [0.2, 0.25) is 10.0 Å². The van der Waals surface area contributed by atoms with E-state index in [1.165, 1.54) is 0 Å². The van der Waals surface area contributed by atoms with E-state index in [4.69, 9.17) is 4.74 Å². The van der Waals surface area contributed by atoms with Crippen LogP contribution in [-0.4, -0.2) is 55.9 Å². The second-order valence-corrected chi connectivity index (χ2v) is 9.78. The lowest BCUT2D eigenvalue weighted by Gasteiger charge is -2.46. The number of piperidine rings is 1. The van der Waals surface area contributed by atoms with Crippen molar-refractivity contribution in [2.45, 2.75) is 58.2 Å². The van der Waals surface area contributed by atoms with Crippen LogP contribution in [0, 0.1) is 5.92 Å². The zero-order chi connectivity index (χ0) is 15.7. The summed E-state index contributed by atoms with van der Waals surface area (Å²) in [4.78, 5) is 0. The van der Waals surface area contributed by atoms with Gasteiger partial charge in [0.15, 0.2) is 0 Å². The van der Waals surface area contributed by atoms with Gasteiger partial charge in [-0.25, -0.2) is 8.42 Å². The van der Waals surface area contributed by atoms with Gasteiger partial charge in [-0.1, -0.05) is 0 Å². The SMILES string of the molecule is CC1(C)CN(S(=O)(=O)CCC2CCNCC2)CC(C)(C)O1. The summed E-state index contributed by atoms with van der Waals surface area (Å²) in [7, 11) is -3.19. The van der Waals surface area contributed by atoms with Crippen LogP contribution in [0.2, 0.25) is 0 Å². The maximum absolute atomic E-state index is 12.7. The summed E-state index contributed by atoms with van der Waals surface area (Å²) in [6, 6.07) is 0. The second-order valence-electron chi connectivity index (χ2n) is 7.69. The van der Waals surface area contributed by atoms with E-state index in [2.05, 4.69) is 5.32 Å². The minimum Gasteiger partial charge on any atom is -0.367 e. The molecule has 5 nitrogen and oxygen atoms in total. The van der Waals surface area contributed by atoms with Gasteiger partial charge >= 0.3 is 0 Å². The summed E-state index contributed by atoms with van der Waals surface area (Å²) >= 11 is 0. The molecule has 0 aromatic rings. The molecule has 0 unspecified atom stereocenters. The Morgan fingerprint density at radius 1 is 1.10 bits per heavy atom. The maximum atomic E-state index is 12.7. The van der Waals surface area contributed by atoms with Gasteiger partial charge in [0.25, 0.3) is 0 Å². The van der Waals surface area contributed by atoms with Crippen molar-refractivity contribution < 1.29 is 13.2 Å². The summed E-state index contributed by atoms with van der Waals surface area (Å²) < 4.78 is 32.9. The molecule has 0 spiro atoms. The number of hydrogen-bond acceptors (Lipinski definition) is 4. The number of hydrogen-bond donors (Lipinski definition) is 1. The first kappa shape index (κ1) is 17.2. The van der Waals surface area contributed by atoms with Crippen molar-refractivity contribution >= 4 is 10.0 Å². The first-order chi connectivity index (χ1) is 9.60. The summed E-state index contributed by atoms with van der Waals surface area (Å²) in [5.74, 6) is 0.812. The fraction of sp³-hybridized carbons (Fsp3) is 1.00. The Morgan fingerprint density at radius 3 is 2.14 bits per heavy atom. The Hall–Kier alpha value is -0.170. The second kappa shape index (κ2) is 6.14. The van der Waals surface area contributed by atoms with Crippen LogP contribution in [0.1, 0.15) is 47.0 Å². The normalized spacial score (nSPS) is 27.6. The van der Waals surface area contributed by atoms with Gasteiger partial charge in [-0.15, -0.1) is 0 Å². The van der Waals surface area contributed by atoms with E-state index in [-0.39, 0.29) is 5.75 Å². The molecule has 0 aromatic carbocycles. The quantitative estimate of drug-likeness (QED) is 0.855. The van der Waals surface area contributed by atoms with E-state index in [1.807, 2.05) is 27.7 Å². The van der Waals surface area contributed by atoms with Gasteiger partial charge in [-0.3, -0.25) is 0 Å². The molecule has 2 saturated heterocycles. The molecular weight excluding hydrogens is 288 g/mol. The summed E-state index contributed by atoms with van der Waals surface area (Å²) in [5.41, 5.74) is -0.854. The molecule has 0 amide bonds. The van der Waals surface area contributed by atoms with E-state index in [9.17, 15) is 8.42 Å². The monoisotopic (exact) mass is 318 g/mol. The molecule has 124 valence electrons. The van der Waals surface area contributed by atoms with Crippen LogP contribution in [0.3, 0.4) is 0 Å². The van der Waals surface area contributed by atoms with Crippen molar-refractivity contribution in [2.24, 2.45) is 5.92 Å². The third-order valence-electron chi connectivity index (χ3n) is 4.30. The number of morpholine rings is 1. The topological polar surface area (TPSA) is 58.6 Å². The fourth-order valence-corrected chi connectivity index (χ4v) is 5.43. The molecule has 2 rings (SSSR count). The Bertz CT molecular complexity index is 438. The summed E-state index contributed by atoms with van der Waals surface area (Å²) in [5, 5.41) is 3.32. The first-order valence-electron chi connectivity index (χ1n) is 7.98.